The van der Waals surface area contributed by atoms with Crippen LogP contribution in [0.5, 0.6) is 0 Å². The molecule has 0 radical (unpaired) electrons. The van der Waals surface area contributed by atoms with E-state index >= 15 is 0 Å². The number of halogens is 1. The van der Waals surface area contributed by atoms with Gasteiger partial charge in [0.25, 0.3) is 0 Å². The monoisotopic (exact) mass is 272 g/mol. The molecular formula is C16H17FN2O. The molecule has 104 valence electrons. The van der Waals surface area contributed by atoms with Gasteiger partial charge in [0.05, 0.1) is 5.69 Å². The van der Waals surface area contributed by atoms with Gasteiger partial charge in [-0.25, -0.2) is 4.39 Å². The van der Waals surface area contributed by atoms with Crippen LogP contribution in [0, 0.1) is 5.82 Å². The standard InChI is InChI=1S/C16H17FN2O/c1-12(20)14-3-4-16(15(17)11-14)19(2)10-7-13-5-8-18-9-6-13/h3-6,8-9,11H,7,10H2,1-2H3. The Hall–Kier alpha value is -2.23. The number of hydrogen-bond donors (Lipinski definition) is 0. The first-order chi connectivity index (χ1) is 9.58. The van der Waals surface area contributed by atoms with E-state index in [1.807, 2.05) is 24.1 Å². The highest BCUT2D eigenvalue weighted by Crippen LogP contribution is 2.20. The molecule has 20 heavy (non-hydrogen) atoms. The molecule has 0 saturated carbocycles. The van der Waals surface area contributed by atoms with Gasteiger partial charge in [0.1, 0.15) is 5.82 Å². The Morgan fingerprint density at radius 1 is 1.25 bits per heavy atom. The lowest BCUT2D eigenvalue weighted by molar-refractivity contribution is 0.101. The summed E-state index contributed by atoms with van der Waals surface area (Å²) in [5.41, 5.74) is 2.06. The van der Waals surface area contributed by atoms with Crippen LogP contribution in [0.3, 0.4) is 0 Å². The molecule has 1 aromatic carbocycles. The van der Waals surface area contributed by atoms with Crippen molar-refractivity contribution in [3.8, 4) is 0 Å². The predicted octanol–water partition coefficient (Wildman–Crippen LogP) is 3.10. The zero-order valence-corrected chi connectivity index (χ0v) is 11.6. The van der Waals surface area contributed by atoms with Crippen molar-refractivity contribution < 1.29 is 9.18 Å². The SMILES string of the molecule is CC(=O)c1ccc(N(C)CCc2ccncc2)c(F)c1. The quantitative estimate of drug-likeness (QED) is 0.784. The molecule has 0 unspecified atom stereocenters. The molecule has 0 bridgehead atoms. The average Bonchev–Trinajstić information content (AvgIpc) is 2.45. The number of anilines is 1. The molecule has 0 aliphatic carbocycles. The van der Waals surface area contributed by atoms with Crippen LogP contribution in [0.2, 0.25) is 0 Å². The van der Waals surface area contributed by atoms with Gasteiger partial charge in [0, 0.05) is 31.5 Å². The summed E-state index contributed by atoms with van der Waals surface area (Å²) in [5.74, 6) is -0.496. The fraction of sp³-hybridized carbons (Fsp3) is 0.250. The number of aromatic nitrogens is 1. The van der Waals surface area contributed by atoms with Gasteiger partial charge in [-0.1, -0.05) is 0 Å². The first kappa shape index (κ1) is 14.2. The van der Waals surface area contributed by atoms with Gasteiger partial charge in [-0.05, 0) is 49.2 Å². The summed E-state index contributed by atoms with van der Waals surface area (Å²) in [7, 11) is 1.84. The number of nitrogens with zero attached hydrogens (tertiary/aromatic N) is 2. The number of ketones is 1. The van der Waals surface area contributed by atoms with Crippen LogP contribution >= 0.6 is 0 Å². The number of hydrogen-bond acceptors (Lipinski definition) is 3. The third kappa shape index (κ3) is 3.41. The molecule has 2 rings (SSSR count). The maximum absolute atomic E-state index is 14.0. The van der Waals surface area contributed by atoms with Crippen LogP contribution in [0.4, 0.5) is 10.1 Å². The van der Waals surface area contributed by atoms with Gasteiger partial charge in [0.2, 0.25) is 0 Å². The van der Waals surface area contributed by atoms with Crippen molar-refractivity contribution in [2.75, 3.05) is 18.5 Å². The van der Waals surface area contributed by atoms with Crippen molar-refractivity contribution in [1.82, 2.24) is 4.98 Å². The summed E-state index contributed by atoms with van der Waals surface area (Å²) in [5, 5.41) is 0. The highest BCUT2D eigenvalue weighted by atomic mass is 19.1. The molecule has 3 nitrogen and oxygen atoms in total. The van der Waals surface area contributed by atoms with Gasteiger partial charge in [0.15, 0.2) is 5.78 Å². The Morgan fingerprint density at radius 2 is 1.95 bits per heavy atom. The topological polar surface area (TPSA) is 33.2 Å². The van der Waals surface area contributed by atoms with Gasteiger partial charge in [-0.3, -0.25) is 9.78 Å². The normalized spacial score (nSPS) is 10.3. The van der Waals surface area contributed by atoms with Crippen LogP contribution < -0.4 is 4.90 Å². The summed E-state index contributed by atoms with van der Waals surface area (Å²) in [6, 6.07) is 8.50. The fourth-order valence-electron chi connectivity index (χ4n) is 2.00. The first-order valence-electron chi connectivity index (χ1n) is 6.48. The van der Waals surface area contributed by atoms with Crippen molar-refractivity contribution in [1.29, 1.82) is 0 Å². The van der Waals surface area contributed by atoms with E-state index in [2.05, 4.69) is 4.98 Å². The number of carbonyl (C=O) groups is 1. The number of Topliss-reactive ketones (excluding diaryl/α,β-unsaturated/α-hetero) is 1. The van der Waals surface area contributed by atoms with E-state index in [1.165, 1.54) is 13.0 Å². The fourth-order valence-corrected chi connectivity index (χ4v) is 2.00. The van der Waals surface area contributed by atoms with Crippen molar-refractivity contribution in [3.63, 3.8) is 0 Å². The molecule has 0 atom stereocenters. The zero-order valence-electron chi connectivity index (χ0n) is 11.6. The molecule has 2 aromatic rings. The van der Waals surface area contributed by atoms with Crippen molar-refractivity contribution in [2.24, 2.45) is 0 Å². The van der Waals surface area contributed by atoms with Gasteiger partial charge < -0.3 is 4.90 Å². The first-order valence-corrected chi connectivity index (χ1v) is 6.48. The highest BCUT2D eigenvalue weighted by molar-refractivity contribution is 5.94. The molecule has 0 N–H and O–H groups in total. The number of likely N-dealkylation sites (N-methyl/N-ethyl adjacent to an activating group) is 1. The van der Waals surface area contributed by atoms with Crippen LogP contribution in [0.15, 0.2) is 42.7 Å². The summed E-state index contributed by atoms with van der Waals surface area (Å²) in [6.45, 7) is 2.13. The number of rotatable bonds is 5. The second-order valence-corrected chi connectivity index (χ2v) is 4.75. The molecule has 0 spiro atoms. The minimum atomic E-state index is -0.366. The molecule has 0 saturated heterocycles. The Labute approximate surface area is 118 Å². The number of pyridine rings is 1. The average molecular weight is 272 g/mol. The second-order valence-electron chi connectivity index (χ2n) is 4.75. The van der Waals surface area contributed by atoms with E-state index < -0.39 is 0 Å². The van der Waals surface area contributed by atoms with E-state index in [-0.39, 0.29) is 11.6 Å². The molecule has 0 aliphatic heterocycles. The lowest BCUT2D eigenvalue weighted by atomic mass is 10.1. The maximum Gasteiger partial charge on any atom is 0.159 e. The maximum atomic E-state index is 14.0. The Kier molecular flexibility index (Phi) is 4.45. The van der Waals surface area contributed by atoms with Gasteiger partial charge >= 0.3 is 0 Å². The lowest BCUT2D eigenvalue weighted by Gasteiger charge is -2.20. The predicted molar refractivity (Wildman–Crippen MR) is 77.6 cm³/mol. The van der Waals surface area contributed by atoms with Gasteiger partial charge in [-0.2, -0.15) is 0 Å². The van der Waals surface area contributed by atoms with E-state index in [0.717, 1.165) is 12.0 Å². The third-order valence-corrected chi connectivity index (χ3v) is 3.25. The van der Waals surface area contributed by atoms with Gasteiger partial charge in [-0.15, -0.1) is 0 Å². The van der Waals surface area contributed by atoms with E-state index in [0.29, 0.717) is 17.8 Å². The Morgan fingerprint density at radius 3 is 2.55 bits per heavy atom. The molecule has 0 aliphatic rings. The van der Waals surface area contributed by atoms with E-state index in [4.69, 9.17) is 0 Å². The summed E-state index contributed by atoms with van der Waals surface area (Å²) < 4.78 is 14.0. The molecule has 4 heteroatoms. The summed E-state index contributed by atoms with van der Waals surface area (Å²) in [4.78, 5) is 17.0. The summed E-state index contributed by atoms with van der Waals surface area (Å²) >= 11 is 0. The van der Waals surface area contributed by atoms with Crippen LogP contribution in [0.1, 0.15) is 22.8 Å². The highest BCUT2D eigenvalue weighted by Gasteiger charge is 2.10. The zero-order chi connectivity index (χ0) is 14.5. The van der Waals surface area contributed by atoms with Crippen molar-refractivity contribution in [2.45, 2.75) is 13.3 Å². The Balaban J connectivity index is 2.06. The largest absolute Gasteiger partial charge is 0.372 e. The minimum Gasteiger partial charge on any atom is -0.372 e. The smallest absolute Gasteiger partial charge is 0.159 e. The molecular weight excluding hydrogens is 255 g/mol. The van der Waals surface area contributed by atoms with Crippen molar-refractivity contribution >= 4 is 11.5 Å². The van der Waals surface area contributed by atoms with E-state index in [1.54, 1.807) is 24.5 Å². The summed E-state index contributed by atoms with van der Waals surface area (Å²) in [6.07, 6.45) is 4.31. The molecule has 0 amide bonds. The minimum absolute atomic E-state index is 0.130. The van der Waals surface area contributed by atoms with E-state index in [9.17, 15) is 9.18 Å². The molecule has 1 aromatic heterocycles. The third-order valence-electron chi connectivity index (χ3n) is 3.25. The van der Waals surface area contributed by atoms with Crippen LogP contribution in [0.25, 0.3) is 0 Å². The number of benzene rings is 1. The molecule has 0 fully saturated rings. The number of carbonyl (C=O) groups excluding carboxylic acids is 1. The Bertz CT molecular complexity index is 599. The lowest BCUT2D eigenvalue weighted by Crippen LogP contribution is -2.21. The van der Waals surface area contributed by atoms with Crippen LogP contribution in [-0.2, 0) is 6.42 Å². The van der Waals surface area contributed by atoms with Crippen LogP contribution in [-0.4, -0.2) is 24.4 Å². The van der Waals surface area contributed by atoms with Crippen molar-refractivity contribution in [3.05, 3.63) is 59.7 Å². The second kappa shape index (κ2) is 6.28. The molecule has 1 heterocycles.